The summed E-state index contributed by atoms with van der Waals surface area (Å²) in [5.74, 6) is -2.62. The van der Waals surface area contributed by atoms with Gasteiger partial charge < -0.3 is 15.8 Å². The molecule has 3 heterocycles. The van der Waals surface area contributed by atoms with Gasteiger partial charge in [-0.2, -0.15) is 0 Å². The van der Waals surface area contributed by atoms with Crippen molar-refractivity contribution in [2.45, 2.75) is 37.8 Å². The summed E-state index contributed by atoms with van der Waals surface area (Å²) in [6.45, 7) is 1.61. The Balaban J connectivity index is 1.77. The van der Waals surface area contributed by atoms with Crippen LogP contribution in [0.25, 0.3) is 0 Å². The molecule has 24 heavy (non-hydrogen) atoms. The number of benzene rings is 1. The smallest absolute Gasteiger partial charge is 0.270 e. The Bertz CT molecular complexity index is 756. The summed E-state index contributed by atoms with van der Waals surface area (Å²) in [6, 6.07) is 8.91. The van der Waals surface area contributed by atoms with E-state index in [4.69, 9.17) is 10.5 Å². The molecular formula is C18H20F2N2OS. The second kappa shape index (κ2) is 5.70. The molecule has 3 atom stereocenters. The fraction of sp³-hybridized carbons (Fsp3) is 0.444. The highest BCUT2D eigenvalue weighted by Crippen LogP contribution is 2.51. The van der Waals surface area contributed by atoms with E-state index in [9.17, 15) is 8.78 Å². The van der Waals surface area contributed by atoms with E-state index in [2.05, 4.69) is 5.32 Å². The van der Waals surface area contributed by atoms with Crippen molar-refractivity contribution in [3.63, 3.8) is 0 Å². The number of thiophene rings is 1. The summed E-state index contributed by atoms with van der Waals surface area (Å²) in [4.78, 5) is 1.17. The van der Waals surface area contributed by atoms with E-state index >= 15 is 0 Å². The first-order valence-corrected chi connectivity index (χ1v) is 9.01. The molecule has 0 amide bonds. The fourth-order valence-corrected chi connectivity index (χ4v) is 4.67. The number of nitrogens with one attached hydrogen (secondary N) is 1. The summed E-state index contributed by atoms with van der Waals surface area (Å²) in [6.07, 6.45) is 1.84. The van der Waals surface area contributed by atoms with Gasteiger partial charge in [0.2, 0.25) is 0 Å². The Morgan fingerprint density at radius 2 is 2.12 bits per heavy atom. The molecule has 2 aliphatic rings. The van der Waals surface area contributed by atoms with Crippen molar-refractivity contribution in [3.8, 4) is 0 Å². The normalized spacial score (nSPS) is 26.4. The number of ether oxygens (including phenoxy) is 1. The quantitative estimate of drug-likeness (QED) is 0.794. The van der Waals surface area contributed by atoms with Crippen molar-refractivity contribution < 1.29 is 13.5 Å². The topological polar surface area (TPSA) is 47.3 Å². The summed E-state index contributed by atoms with van der Waals surface area (Å²) in [7, 11) is 0. The van der Waals surface area contributed by atoms with Crippen molar-refractivity contribution in [2.75, 3.05) is 17.7 Å². The Morgan fingerprint density at radius 1 is 1.29 bits per heavy atom. The van der Waals surface area contributed by atoms with E-state index in [1.165, 1.54) is 10.9 Å². The summed E-state index contributed by atoms with van der Waals surface area (Å²) in [5.41, 5.74) is 7.65. The number of hydrogen-bond donors (Lipinski definition) is 2. The molecule has 0 spiro atoms. The first-order valence-electron chi connectivity index (χ1n) is 8.19. The third kappa shape index (κ3) is 2.67. The number of alkyl halides is 2. The molecule has 0 radical (unpaired) electrons. The summed E-state index contributed by atoms with van der Waals surface area (Å²) >= 11 is 1.57. The average Bonchev–Trinajstić information content (AvgIpc) is 2.99. The van der Waals surface area contributed by atoms with E-state index in [-0.39, 0.29) is 23.6 Å². The van der Waals surface area contributed by atoms with Crippen LogP contribution in [0.15, 0.2) is 30.3 Å². The minimum atomic E-state index is -2.85. The summed E-state index contributed by atoms with van der Waals surface area (Å²) in [5, 5.41) is 4.32. The molecule has 0 unspecified atom stereocenters. The molecule has 3 nitrogen and oxygen atoms in total. The van der Waals surface area contributed by atoms with Crippen LogP contribution in [0.1, 0.15) is 47.9 Å². The maximum Gasteiger partial charge on any atom is 0.270 e. The first kappa shape index (κ1) is 15.8. The molecule has 1 saturated heterocycles. The van der Waals surface area contributed by atoms with Gasteiger partial charge in [0.25, 0.3) is 5.92 Å². The van der Waals surface area contributed by atoms with Crippen LogP contribution in [-0.4, -0.2) is 6.61 Å². The van der Waals surface area contributed by atoms with Gasteiger partial charge >= 0.3 is 0 Å². The van der Waals surface area contributed by atoms with Crippen molar-refractivity contribution in [1.82, 2.24) is 0 Å². The number of fused-ring (bicyclic) bond motifs is 3. The Hall–Kier alpha value is -1.66. The van der Waals surface area contributed by atoms with Crippen molar-refractivity contribution in [3.05, 3.63) is 46.3 Å². The van der Waals surface area contributed by atoms with Crippen LogP contribution in [-0.2, 0) is 10.7 Å². The van der Waals surface area contributed by atoms with Crippen LogP contribution in [0.5, 0.6) is 0 Å². The van der Waals surface area contributed by atoms with Crippen LogP contribution < -0.4 is 11.1 Å². The second-order valence-corrected chi connectivity index (χ2v) is 7.80. The van der Waals surface area contributed by atoms with E-state index in [1.54, 1.807) is 23.5 Å². The molecule has 2 aromatic rings. The minimum Gasteiger partial charge on any atom is -0.391 e. The number of nitrogen functional groups attached to an aromatic ring is 1. The van der Waals surface area contributed by atoms with Gasteiger partial charge in [0, 0.05) is 41.1 Å². The average molecular weight is 350 g/mol. The van der Waals surface area contributed by atoms with E-state index < -0.39 is 5.92 Å². The maximum atomic E-state index is 13.7. The van der Waals surface area contributed by atoms with Crippen molar-refractivity contribution in [1.29, 1.82) is 0 Å². The number of halogens is 2. The van der Waals surface area contributed by atoms with Crippen molar-refractivity contribution >= 4 is 22.0 Å². The minimum absolute atomic E-state index is 0.0368. The highest BCUT2D eigenvalue weighted by Gasteiger charge is 2.41. The molecule has 0 bridgehead atoms. The molecular weight excluding hydrogens is 330 g/mol. The highest BCUT2D eigenvalue weighted by atomic mass is 32.1. The SMILES string of the molecule is CC(F)(F)c1ccc2c(c1)[C@H]1OCCC[C@H]1[C@H](c1ccc(N)s1)N2. The van der Waals surface area contributed by atoms with Crippen molar-refractivity contribution in [2.24, 2.45) is 5.92 Å². The predicted octanol–water partition coefficient (Wildman–Crippen LogP) is 5.08. The third-order valence-corrected chi connectivity index (χ3v) is 5.92. The predicted molar refractivity (Wildman–Crippen MR) is 92.5 cm³/mol. The lowest BCUT2D eigenvalue weighted by molar-refractivity contribution is -0.0383. The molecule has 1 fully saturated rings. The standard InChI is InChI=1S/C18H20F2N2OS/c1-18(19,20)10-4-5-13-12(9-10)17-11(3-2-8-23-17)16(22-13)14-6-7-15(21)24-14/h4-7,9,11,16-17,22H,2-3,8,21H2,1H3/t11-,16+,17-/m0/s1. The molecule has 1 aromatic carbocycles. The fourth-order valence-electron chi connectivity index (χ4n) is 3.76. The van der Waals surface area contributed by atoms with Gasteiger partial charge in [-0.15, -0.1) is 11.3 Å². The van der Waals surface area contributed by atoms with Crippen LogP contribution in [0.4, 0.5) is 19.5 Å². The zero-order valence-electron chi connectivity index (χ0n) is 13.4. The number of anilines is 2. The molecule has 6 heteroatoms. The van der Waals surface area contributed by atoms with E-state index in [1.807, 2.05) is 12.1 Å². The Morgan fingerprint density at radius 3 is 2.83 bits per heavy atom. The Kier molecular flexibility index (Phi) is 3.77. The second-order valence-electron chi connectivity index (χ2n) is 6.65. The van der Waals surface area contributed by atoms with Crippen LogP contribution in [0, 0.1) is 5.92 Å². The molecule has 3 N–H and O–H groups in total. The van der Waals surface area contributed by atoms with Crippen LogP contribution in [0.3, 0.4) is 0 Å². The van der Waals surface area contributed by atoms with Crippen LogP contribution >= 0.6 is 11.3 Å². The lowest BCUT2D eigenvalue weighted by atomic mass is 9.79. The number of nitrogens with two attached hydrogens (primary N) is 1. The summed E-state index contributed by atoms with van der Waals surface area (Å²) < 4.78 is 33.5. The van der Waals surface area contributed by atoms with Gasteiger partial charge in [-0.3, -0.25) is 0 Å². The van der Waals surface area contributed by atoms with Gasteiger partial charge in [0.1, 0.15) is 0 Å². The molecule has 128 valence electrons. The lowest BCUT2D eigenvalue weighted by Gasteiger charge is -2.43. The monoisotopic (exact) mass is 350 g/mol. The van der Waals surface area contributed by atoms with E-state index in [0.29, 0.717) is 6.61 Å². The van der Waals surface area contributed by atoms with Gasteiger partial charge in [0.05, 0.1) is 17.1 Å². The zero-order chi connectivity index (χ0) is 16.9. The molecule has 2 aliphatic heterocycles. The number of hydrogen-bond acceptors (Lipinski definition) is 4. The lowest BCUT2D eigenvalue weighted by Crippen LogP contribution is -2.35. The molecule has 1 aromatic heterocycles. The molecule has 0 aliphatic carbocycles. The zero-order valence-corrected chi connectivity index (χ0v) is 14.2. The number of rotatable bonds is 2. The third-order valence-electron chi connectivity index (χ3n) is 4.93. The first-order chi connectivity index (χ1) is 11.4. The Labute approximate surface area is 143 Å². The molecule has 4 rings (SSSR count). The van der Waals surface area contributed by atoms with Gasteiger partial charge in [-0.05, 0) is 37.1 Å². The van der Waals surface area contributed by atoms with Crippen LogP contribution in [0.2, 0.25) is 0 Å². The van der Waals surface area contributed by atoms with E-state index in [0.717, 1.165) is 36.0 Å². The van der Waals surface area contributed by atoms with Gasteiger partial charge in [0.15, 0.2) is 0 Å². The highest BCUT2D eigenvalue weighted by molar-refractivity contribution is 7.16. The largest absolute Gasteiger partial charge is 0.391 e. The molecule has 0 saturated carbocycles. The maximum absolute atomic E-state index is 13.7. The van der Waals surface area contributed by atoms with Gasteiger partial charge in [-0.25, -0.2) is 8.78 Å². The van der Waals surface area contributed by atoms with Gasteiger partial charge in [-0.1, -0.05) is 6.07 Å².